The van der Waals surface area contributed by atoms with E-state index in [1.807, 2.05) is 0 Å². The van der Waals surface area contributed by atoms with Gasteiger partial charge >= 0.3 is 6.03 Å². The van der Waals surface area contributed by atoms with Crippen LogP contribution in [0.1, 0.15) is 30.4 Å². The van der Waals surface area contributed by atoms with Gasteiger partial charge in [-0.3, -0.25) is 19.7 Å². The second-order valence-corrected chi connectivity index (χ2v) is 10.9. The number of carbonyl (C=O) groups excluding carboxylic acids is 4. The van der Waals surface area contributed by atoms with Gasteiger partial charge in [0.1, 0.15) is 11.6 Å². The number of likely N-dealkylation sites (tertiary alicyclic amines) is 1. The molecule has 0 unspecified atom stereocenters. The maximum Gasteiger partial charge on any atom is 0.322 e. The largest absolute Gasteiger partial charge is 0.493 e. The van der Waals surface area contributed by atoms with Gasteiger partial charge in [0.05, 0.1) is 21.3 Å². The summed E-state index contributed by atoms with van der Waals surface area (Å²) < 4.78 is 35.9. The highest BCUT2D eigenvalue weighted by Gasteiger charge is 2.54. The standard InChI is InChI=1S/C31H35FN4O8/c1-41-24-14-18(15-25(42-2)27(24)43-3)4-6-22(37)19-8-11-36(12-9-19)13-10-33-28(38)26-17-31(29(39)34-30(40)35-31)21-16-20(32)5-7-23(21)44-26/h4-7,14-16,19,26H,8-13,17H2,1-3H3,(H,33,38)(H2,34,35,39,40)/b6-4+/t26-,31-/m0/s1. The van der Waals surface area contributed by atoms with Crippen molar-refractivity contribution in [1.29, 1.82) is 0 Å². The van der Waals surface area contributed by atoms with Crippen molar-refractivity contribution in [1.82, 2.24) is 20.9 Å². The first-order chi connectivity index (χ1) is 21.2. The Morgan fingerprint density at radius 2 is 1.80 bits per heavy atom. The van der Waals surface area contributed by atoms with E-state index in [1.54, 1.807) is 24.3 Å². The molecule has 234 valence electrons. The number of piperidine rings is 1. The lowest BCUT2D eigenvalue weighted by molar-refractivity contribution is -0.133. The second-order valence-electron chi connectivity index (χ2n) is 10.9. The summed E-state index contributed by atoms with van der Waals surface area (Å²) in [6.07, 6.45) is 3.44. The summed E-state index contributed by atoms with van der Waals surface area (Å²) in [5, 5.41) is 7.58. The Hall–Kier alpha value is -4.65. The minimum atomic E-state index is -1.59. The molecule has 44 heavy (non-hydrogen) atoms. The normalized spacial score (nSPS) is 21.8. The fourth-order valence-electron chi connectivity index (χ4n) is 5.90. The van der Waals surface area contributed by atoms with Crippen LogP contribution < -0.4 is 34.9 Å². The number of amides is 4. The molecular formula is C31H35FN4O8. The van der Waals surface area contributed by atoms with E-state index < -0.39 is 35.3 Å². The van der Waals surface area contributed by atoms with Crippen LogP contribution in [-0.2, 0) is 19.9 Å². The second kappa shape index (κ2) is 12.9. The van der Waals surface area contributed by atoms with Gasteiger partial charge in [-0.1, -0.05) is 6.08 Å². The van der Waals surface area contributed by atoms with Crippen molar-refractivity contribution in [3.8, 4) is 23.0 Å². The first kappa shape index (κ1) is 30.8. The maximum absolute atomic E-state index is 14.0. The van der Waals surface area contributed by atoms with Crippen LogP contribution in [0.3, 0.4) is 0 Å². The van der Waals surface area contributed by atoms with E-state index in [4.69, 9.17) is 18.9 Å². The van der Waals surface area contributed by atoms with Crippen LogP contribution in [0, 0.1) is 11.7 Å². The Morgan fingerprint density at radius 1 is 1.09 bits per heavy atom. The third-order valence-electron chi connectivity index (χ3n) is 8.24. The molecule has 2 atom stereocenters. The molecule has 4 amide bonds. The number of carbonyl (C=O) groups is 4. The maximum atomic E-state index is 14.0. The van der Waals surface area contributed by atoms with Crippen LogP contribution >= 0.6 is 0 Å². The highest BCUT2D eigenvalue weighted by molar-refractivity contribution is 6.08. The lowest BCUT2D eigenvalue weighted by Crippen LogP contribution is -2.54. The van der Waals surface area contributed by atoms with Gasteiger partial charge in [0.2, 0.25) is 5.75 Å². The zero-order chi connectivity index (χ0) is 31.4. The molecule has 0 aromatic heterocycles. The van der Waals surface area contributed by atoms with Crippen molar-refractivity contribution in [2.24, 2.45) is 5.92 Å². The Kier molecular flexibility index (Phi) is 9.04. The molecule has 2 fully saturated rings. The Balaban J connectivity index is 1.11. The minimum Gasteiger partial charge on any atom is -0.493 e. The number of halogens is 1. The van der Waals surface area contributed by atoms with Gasteiger partial charge in [-0.15, -0.1) is 0 Å². The number of ketones is 1. The van der Waals surface area contributed by atoms with E-state index in [1.165, 1.54) is 33.5 Å². The number of rotatable bonds is 10. The van der Waals surface area contributed by atoms with Crippen molar-refractivity contribution in [3.63, 3.8) is 0 Å². The van der Waals surface area contributed by atoms with E-state index in [0.29, 0.717) is 56.3 Å². The zero-order valence-corrected chi connectivity index (χ0v) is 24.7. The molecule has 12 nitrogen and oxygen atoms in total. The average Bonchev–Trinajstić information content (AvgIpc) is 3.31. The molecule has 0 bridgehead atoms. The van der Waals surface area contributed by atoms with Crippen LogP contribution in [-0.4, -0.2) is 82.1 Å². The summed E-state index contributed by atoms with van der Waals surface area (Å²) in [5.74, 6) is -0.128. The molecule has 1 spiro atoms. The van der Waals surface area contributed by atoms with Gasteiger partial charge in [-0.2, -0.15) is 0 Å². The molecule has 0 radical (unpaired) electrons. The average molecular weight is 611 g/mol. The lowest BCUT2D eigenvalue weighted by atomic mass is 9.81. The molecule has 13 heteroatoms. The van der Waals surface area contributed by atoms with E-state index in [9.17, 15) is 23.6 Å². The van der Waals surface area contributed by atoms with Gasteiger partial charge in [-0.25, -0.2) is 9.18 Å². The number of urea groups is 1. The zero-order valence-electron chi connectivity index (χ0n) is 24.7. The molecule has 3 aliphatic rings. The number of hydrogen-bond acceptors (Lipinski definition) is 9. The number of nitrogens with zero attached hydrogens (tertiary/aromatic N) is 1. The lowest BCUT2D eigenvalue weighted by Gasteiger charge is -2.37. The molecule has 2 saturated heterocycles. The van der Waals surface area contributed by atoms with Crippen molar-refractivity contribution in [3.05, 3.63) is 53.4 Å². The molecule has 5 rings (SSSR count). The predicted octanol–water partition coefficient (Wildman–Crippen LogP) is 2.15. The molecule has 0 aliphatic carbocycles. The number of fused-ring (bicyclic) bond motifs is 2. The van der Waals surface area contributed by atoms with Crippen molar-refractivity contribution in [2.45, 2.75) is 30.9 Å². The summed E-state index contributed by atoms with van der Waals surface area (Å²) in [6, 6.07) is 6.47. The van der Waals surface area contributed by atoms with E-state index in [-0.39, 0.29) is 29.4 Å². The topological polar surface area (TPSA) is 145 Å². The number of imide groups is 1. The molecular weight excluding hydrogens is 575 g/mol. The van der Waals surface area contributed by atoms with E-state index >= 15 is 0 Å². The number of ether oxygens (including phenoxy) is 4. The van der Waals surface area contributed by atoms with Gasteiger partial charge < -0.3 is 34.5 Å². The van der Waals surface area contributed by atoms with Gasteiger partial charge in [0.15, 0.2) is 28.9 Å². The molecule has 3 aliphatic heterocycles. The predicted molar refractivity (Wildman–Crippen MR) is 156 cm³/mol. The van der Waals surface area contributed by atoms with Crippen LogP contribution in [0.2, 0.25) is 0 Å². The summed E-state index contributed by atoms with van der Waals surface area (Å²) >= 11 is 0. The van der Waals surface area contributed by atoms with E-state index in [2.05, 4.69) is 20.9 Å². The Labute approximate surface area is 253 Å². The summed E-state index contributed by atoms with van der Waals surface area (Å²) in [5.41, 5.74) is -0.676. The monoisotopic (exact) mass is 610 g/mol. The summed E-state index contributed by atoms with van der Waals surface area (Å²) in [6.45, 7) is 2.27. The molecule has 2 aromatic carbocycles. The molecule has 3 heterocycles. The van der Waals surface area contributed by atoms with Gasteiger partial charge in [0, 0.05) is 31.0 Å². The van der Waals surface area contributed by atoms with Crippen molar-refractivity contribution >= 4 is 29.7 Å². The first-order valence-corrected chi connectivity index (χ1v) is 14.3. The number of benzene rings is 2. The first-order valence-electron chi connectivity index (χ1n) is 14.3. The summed E-state index contributed by atoms with van der Waals surface area (Å²) in [4.78, 5) is 52.8. The van der Waals surface area contributed by atoms with Crippen LogP contribution in [0.15, 0.2) is 36.4 Å². The van der Waals surface area contributed by atoms with Crippen LogP contribution in [0.5, 0.6) is 23.0 Å². The van der Waals surface area contributed by atoms with E-state index in [0.717, 1.165) is 11.6 Å². The number of methoxy groups -OCH3 is 3. The highest BCUT2D eigenvalue weighted by Crippen LogP contribution is 2.42. The third-order valence-corrected chi connectivity index (χ3v) is 8.24. The quantitative estimate of drug-likeness (QED) is 0.272. The smallest absolute Gasteiger partial charge is 0.322 e. The highest BCUT2D eigenvalue weighted by atomic mass is 19.1. The van der Waals surface area contributed by atoms with Crippen molar-refractivity contribution in [2.75, 3.05) is 47.5 Å². The minimum absolute atomic E-state index is 0.0401. The molecule has 3 N–H and O–H groups in total. The summed E-state index contributed by atoms with van der Waals surface area (Å²) in [7, 11) is 4.60. The number of nitrogens with one attached hydrogen (secondary N) is 3. The Bertz CT molecular complexity index is 1460. The van der Waals surface area contributed by atoms with Crippen LogP contribution in [0.25, 0.3) is 6.08 Å². The molecule has 0 saturated carbocycles. The third kappa shape index (κ3) is 6.18. The molecule has 2 aromatic rings. The van der Waals surface area contributed by atoms with Gasteiger partial charge in [0.25, 0.3) is 11.8 Å². The fraction of sp³-hybridized carbons (Fsp3) is 0.419. The van der Waals surface area contributed by atoms with Crippen LogP contribution in [0.4, 0.5) is 9.18 Å². The fourth-order valence-corrected chi connectivity index (χ4v) is 5.90. The van der Waals surface area contributed by atoms with Gasteiger partial charge in [-0.05, 0) is 67.9 Å². The number of allylic oxidation sites excluding steroid dienone is 1. The number of hydrogen-bond donors (Lipinski definition) is 3. The van der Waals surface area contributed by atoms with Crippen molar-refractivity contribution < 1.29 is 42.5 Å². The SMILES string of the molecule is COc1cc(/C=C/C(=O)C2CCN(CCNC(=O)[C@@H]3C[C@]4(NC(=O)NC4=O)c4cc(F)ccc4O3)CC2)cc(OC)c1OC. The Morgan fingerprint density at radius 3 is 2.41 bits per heavy atom.